The molecule has 33 heavy (non-hydrogen) atoms. The van der Waals surface area contributed by atoms with Gasteiger partial charge in [0.05, 0.1) is 30.2 Å². The van der Waals surface area contributed by atoms with Crippen molar-refractivity contribution >= 4 is 34.8 Å². The minimum absolute atomic E-state index is 0.0310. The zero-order valence-corrected chi connectivity index (χ0v) is 19.3. The Hall–Kier alpha value is -2.78. The van der Waals surface area contributed by atoms with Gasteiger partial charge in [-0.3, -0.25) is 4.79 Å². The first-order chi connectivity index (χ1) is 15.9. The second kappa shape index (κ2) is 8.87. The molecule has 0 N–H and O–H groups in total. The fraction of sp³-hybridized carbons (Fsp3) is 0.304. The lowest BCUT2D eigenvalue weighted by molar-refractivity contribution is -0.189. The maximum Gasteiger partial charge on any atom is 0.264 e. The third-order valence-electron chi connectivity index (χ3n) is 5.60. The van der Waals surface area contributed by atoms with Gasteiger partial charge in [0.15, 0.2) is 6.61 Å². The molecule has 2 aliphatic rings. The maximum absolute atomic E-state index is 11.9. The Bertz CT molecular complexity index is 1170. The topological polar surface area (TPSA) is 75.0 Å². The number of rotatable bonds is 6. The number of anilines is 1. The Morgan fingerprint density at radius 1 is 1.24 bits per heavy atom. The van der Waals surface area contributed by atoms with Crippen molar-refractivity contribution in [2.45, 2.75) is 18.4 Å². The molecule has 1 saturated heterocycles. The van der Waals surface area contributed by atoms with Crippen molar-refractivity contribution in [2.75, 3.05) is 31.8 Å². The van der Waals surface area contributed by atoms with Gasteiger partial charge in [0.25, 0.3) is 5.91 Å². The van der Waals surface area contributed by atoms with E-state index in [1.54, 1.807) is 60.9 Å². The van der Waals surface area contributed by atoms with Gasteiger partial charge in [0, 0.05) is 36.1 Å². The van der Waals surface area contributed by atoms with Crippen molar-refractivity contribution in [1.29, 1.82) is 0 Å². The minimum Gasteiger partial charge on any atom is -0.491 e. The molecule has 0 unspecified atom stereocenters. The van der Waals surface area contributed by atoms with E-state index in [9.17, 15) is 4.79 Å². The third kappa shape index (κ3) is 4.39. The monoisotopic (exact) mass is 489 g/mol. The van der Waals surface area contributed by atoms with Crippen molar-refractivity contribution in [3.63, 3.8) is 0 Å². The molecule has 10 heteroatoms. The van der Waals surface area contributed by atoms with Crippen LogP contribution in [0.5, 0.6) is 11.5 Å². The molecule has 1 amide bonds. The van der Waals surface area contributed by atoms with Gasteiger partial charge < -0.3 is 28.4 Å². The molecule has 0 bridgehead atoms. The van der Waals surface area contributed by atoms with Crippen LogP contribution < -0.4 is 14.4 Å². The number of carbonyl (C=O) groups is 1. The van der Waals surface area contributed by atoms with E-state index >= 15 is 0 Å². The van der Waals surface area contributed by atoms with Gasteiger partial charge in [-0.15, -0.1) is 0 Å². The molecule has 0 aliphatic carbocycles. The van der Waals surface area contributed by atoms with Crippen LogP contribution in [0.25, 0.3) is 0 Å². The predicted octanol–water partition coefficient (Wildman–Crippen LogP) is 3.89. The van der Waals surface area contributed by atoms with Crippen LogP contribution in [0.1, 0.15) is 5.56 Å². The van der Waals surface area contributed by atoms with E-state index in [1.165, 1.54) is 0 Å². The Kier molecular flexibility index (Phi) is 5.92. The molecule has 3 heterocycles. The molecular formula is C23H21Cl2N3O5. The number of benzene rings is 2. The Morgan fingerprint density at radius 2 is 2.12 bits per heavy atom. The molecule has 2 atom stereocenters. The summed E-state index contributed by atoms with van der Waals surface area (Å²) in [5, 5.41) is 0.978. The summed E-state index contributed by atoms with van der Waals surface area (Å²) in [5.74, 6) is 0.00396. The first kappa shape index (κ1) is 22.0. The number of nitrogens with zero attached hydrogens (tertiary/aromatic N) is 3. The van der Waals surface area contributed by atoms with Crippen LogP contribution >= 0.6 is 23.2 Å². The van der Waals surface area contributed by atoms with Crippen molar-refractivity contribution in [1.82, 2.24) is 9.55 Å². The average Bonchev–Trinajstić information content (AvgIpc) is 3.46. The number of amides is 1. The van der Waals surface area contributed by atoms with E-state index in [2.05, 4.69) is 4.98 Å². The highest BCUT2D eigenvalue weighted by Crippen LogP contribution is 2.41. The summed E-state index contributed by atoms with van der Waals surface area (Å²) in [4.78, 5) is 17.6. The van der Waals surface area contributed by atoms with Crippen LogP contribution in [0, 0.1) is 0 Å². The summed E-state index contributed by atoms with van der Waals surface area (Å²) in [6.07, 6.45) is 4.85. The number of likely N-dealkylation sites (N-methyl/N-ethyl adjacent to an activating group) is 1. The van der Waals surface area contributed by atoms with E-state index in [4.69, 9.17) is 42.1 Å². The van der Waals surface area contributed by atoms with Gasteiger partial charge in [-0.2, -0.15) is 0 Å². The smallest absolute Gasteiger partial charge is 0.264 e. The lowest BCUT2D eigenvalue weighted by Crippen LogP contribution is -2.35. The van der Waals surface area contributed by atoms with Crippen molar-refractivity contribution in [3.05, 3.63) is 70.7 Å². The Balaban J connectivity index is 1.33. The summed E-state index contributed by atoms with van der Waals surface area (Å²) in [5.41, 5.74) is 1.34. The molecule has 0 radical (unpaired) electrons. The van der Waals surface area contributed by atoms with E-state index in [0.29, 0.717) is 45.9 Å². The standard InChI is InChI=1S/C23H21Cl2N3O5/c1-27-20-9-16(3-5-21(20)31-12-22(27)29)30-10-17-11-32-23(33-17,13-28-7-6-26-14-28)18-4-2-15(24)8-19(18)25/h2-9,14,17H,10-13H2,1H3/t17-,23+/m1/s1. The first-order valence-corrected chi connectivity index (χ1v) is 11.1. The number of hydrogen-bond donors (Lipinski definition) is 0. The molecular weight excluding hydrogens is 469 g/mol. The van der Waals surface area contributed by atoms with Crippen LogP contribution in [0.2, 0.25) is 10.0 Å². The van der Waals surface area contributed by atoms with Gasteiger partial charge in [-0.05, 0) is 24.3 Å². The normalized spacial score (nSPS) is 22.2. The second-order valence-electron chi connectivity index (χ2n) is 7.84. The minimum atomic E-state index is -1.12. The molecule has 172 valence electrons. The van der Waals surface area contributed by atoms with Crippen molar-refractivity contribution < 1.29 is 23.7 Å². The van der Waals surface area contributed by atoms with Gasteiger partial charge in [0.2, 0.25) is 5.79 Å². The fourth-order valence-electron chi connectivity index (χ4n) is 3.91. The van der Waals surface area contributed by atoms with E-state index in [1.807, 2.05) is 10.8 Å². The quantitative estimate of drug-likeness (QED) is 0.522. The molecule has 1 fully saturated rings. The van der Waals surface area contributed by atoms with Crippen LogP contribution in [-0.2, 0) is 26.6 Å². The average molecular weight is 490 g/mol. The van der Waals surface area contributed by atoms with Gasteiger partial charge >= 0.3 is 0 Å². The second-order valence-corrected chi connectivity index (χ2v) is 8.69. The summed E-state index contributed by atoms with van der Waals surface area (Å²) < 4.78 is 25.9. The van der Waals surface area contributed by atoms with Crippen LogP contribution in [-0.4, -0.2) is 48.4 Å². The highest BCUT2D eigenvalue weighted by molar-refractivity contribution is 6.35. The summed E-state index contributed by atoms with van der Waals surface area (Å²) >= 11 is 12.6. The van der Waals surface area contributed by atoms with Crippen LogP contribution in [0.4, 0.5) is 5.69 Å². The van der Waals surface area contributed by atoms with E-state index in [0.717, 1.165) is 0 Å². The largest absolute Gasteiger partial charge is 0.491 e. The fourth-order valence-corrected chi connectivity index (χ4v) is 4.46. The third-order valence-corrected chi connectivity index (χ3v) is 6.15. The molecule has 5 rings (SSSR count). The number of aromatic nitrogens is 2. The molecule has 1 aromatic heterocycles. The van der Waals surface area contributed by atoms with Gasteiger partial charge in [-0.25, -0.2) is 4.98 Å². The lowest BCUT2D eigenvalue weighted by Gasteiger charge is -2.30. The molecule has 2 aliphatic heterocycles. The van der Waals surface area contributed by atoms with Gasteiger partial charge in [-0.1, -0.05) is 29.3 Å². The van der Waals surface area contributed by atoms with Gasteiger partial charge in [0.1, 0.15) is 24.2 Å². The number of hydrogen-bond acceptors (Lipinski definition) is 6. The van der Waals surface area contributed by atoms with E-state index in [-0.39, 0.29) is 25.2 Å². The predicted molar refractivity (Wildman–Crippen MR) is 122 cm³/mol. The number of imidazole rings is 1. The molecule has 3 aromatic rings. The summed E-state index contributed by atoms with van der Waals surface area (Å²) in [7, 11) is 1.71. The summed E-state index contributed by atoms with van der Waals surface area (Å²) in [6.45, 7) is 0.936. The number of halogens is 2. The Morgan fingerprint density at radius 3 is 2.91 bits per heavy atom. The SMILES string of the molecule is CN1C(=O)COc2ccc(OC[C@@H]3CO[C@](Cn4ccnc4)(c4ccc(Cl)cc4Cl)O3)cc21. The van der Waals surface area contributed by atoms with E-state index < -0.39 is 5.79 Å². The first-order valence-electron chi connectivity index (χ1n) is 10.3. The summed E-state index contributed by atoms with van der Waals surface area (Å²) in [6, 6.07) is 10.6. The molecule has 8 nitrogen and oxygen atoms in total. The zero-order valence-electron chi connectivity index (χ0n) is 17.7. The molecule has 0 saturated carbocycles. The highest BCUT2D eigenvalue weighted by atomic mass is 35.5. The number of fused-ring (bicyclic) bond motifs is 1. The highest BCUT2D eigenvalue weighted by Gasteiger charge is 2.45. The van der Waals surface area contributed by atoms with Crippen LogP contribution in [0.15, 0.2) is 55.1 Å². The zero-order chi connectivity index (χ0) is 23.0. The lowest BCUT2D eigenvalue weighted by atomic mass is 10.1. The number of ether oxygens (including phenoxy) is 4. The molecule has 2 aromatic carbocycles. The maximum atomic E-state index is 11.9. The van der Waals surface area contributed by atoms with Crippen LogP contribution in [0.3, 0.4) is 0 Å². The number of carbonyl (C=O) groups excluding carboxylic acids is 1. The van der Waals surface area contributed by atoms with Crippen molar-refractivity contribution in [3.8, 4) is 11.5 Å². The molecule has 0 spiro atoms. The van der Waals surface area contributed by atoms with Crippen molar-refractivity contribution in [2.24, 2.45) is 0 Å². The Labute approximate surface area is 200 Å².